The Morgan fingerprint density at radius 1 is 0.943 bits per heavy atom. The topological polar surface area (TPSA) is 43.7 Å². The molecule has 184 valence electrons. The Morgan fingerprint density at radius 3 is 2.34 bits per heavy atom. The van der Waals surface area contributed by atoms with Gasteiger partial charge in [-0.3, -0.25) is 4.79 Å². The number of fused-ring (bicyclic) bond motifs is 2. The molecule has 5 heteroatoms. The van der Waals surface area contributed by atoms with Crippen molar-refractivity contribution in [3.63, 3.8) is 0 Å². The highest BCUT2D eigenvalue weighted by molar-refractivity contribution is 5.98. The molecule has 1 aliphatic carbocycles. The van der Waals surface area contributed by atoms with Gasteiger partial charge in [0.25, 0.3) is 5.91 Å². The molecule has 2 unspecified atom stereocenters. The Bertz CT molecular complexity index is 1260. The van der Waals surface area contributed by atoms with Crippen LogP contribution in [0.4, 0.5) is 0 Å². The molecule has 5 nitrogen and oxygen atoms in total. The normalized spacial score (nSPS) is 22.8. The molecular formula is C30H36N2O3. The third kappa shape index (κ3) is 4.22. The van der Waals surface area contributed by atoms with E-state index in [-0.39, 0.29) is 16.7 Å². The number of carbonyl (C=O) groups is 1. The lowest BCUT2D eigenvalue weighted by Crippen LogP contribution is -2.37. The molecular weight excluding hydrogens is 436 g/mol. The summed E-state index contributed by atoms with van der Waals surface area (Å²) in [4.78, 5) is 16.2. The average molecular weight is 473 g/mol. The van der Waals surface area contributed by atoms with E-state index in [1.165, 1.54) is 6.42 Å². The number of hydrogen-bond acceptors (Lipinski definition) is 3. The summed E-state index contributed by atoms with van der Waals surface area (Å²) >= 11 is 0. The number of amides is 1. The van der Waals surface area contributed by atoms with Gasteiger partial charge in [0.1, 0.15) is 11.5 Å². The smallest absolute Gasteiger partial charge is 0.255 e. The lowest BCUT2D eigenvalue weighted by molar-refractivity contribution is 0.0707. The molecule has 1 saturated carbocycles. The van der Waals surface area contributed by atoms with Crippen LogP contribution in [0.1, 0.15) is 56.1 Å². The second-order valence-electron chi connectivity index (χ2n) is 11.4. The number of carbonyl (C=O) groups excluding carboxylic acids is 1. The Morgan fingerprint density at radius 2 is 1.66 bits per heavy atom. The number of nitrogens with zero attached hydrogens (tertiary/aromatic N) is 2. The van der Waals surface area contributed by atoms with Gasteiger partial charge in [-0.05, 0) is 85.0 Å². The van der Waals surface area contributed by atoms with Gasteiger partial charge in [-0.15, -0.1) is 0 Å². The minimum absolute atomic E-state index is 0.144. The van der Waals surface area contributed by atoms with Crippen LogP contribution in [-0.4, -0.2) is 42.2 Å². The van der Waals surface area contributed by atoms with Crippen LogP contribution >= 0.6 is 0 Å². The van der Waals surface area contributed by atoms with Gasteiger partial charge < -0.3 is 18.9 Å². The number of ether oxygens (including phenoxy) is 2. The van der Waals surface area contributed by atoms with Crippen LogP contribution in [0.3, 0.4) is 0 Å². The first kappa shape index (κ1) is 23.5. The maximum absolute atomic E-state index is 14.1. The number of likely N-dealkylation sites (tertiary alicyclic amines) is 1. The zero-order valence-electron chi connectivity index (χ0n) is 21.7. The van der Waals surface area contributed by atoms with E-state index in [0.717, 1.165) is 59.1 Å². The lowest BCUT2D eigenvalue weighted by Gasteiger charge is -2.39. The van der Waals surface area contributed by atoms with Crippen molar-refractivity contribution in [3.8, 4) is 28.4 Å². The molecule has 1 amide bonds. The molecule has 1 saturated heterocycles. The number of rotatable bonds is 5. The van der Waals surface area contributed by atoms with Gasteiger partial charge in [-0.2, -0.15) is 0 Å². The summed E-state index contributed by atoms with van der Waals surface area (Å²) in [5.41, 5.74) is 5.17. The van der Waals surface area contributed by atoms with E-state index in [9.17, 15) is 4.79 Å². The van der Waals surface area contributed by atoms with E-state index in [1.807, 2.05) is 49.4 Å². The maximum Gasteiger partial charge on any atom is 0.255 e. The number of hydrogen-bond donors (Lipinski definition) is 0. The minimum Gasteiger partial charge on any atom is -0.497 e. The van der Waals surface area contributed by atoms with Crippen LogP contribution in [0.25, 0.3) is 16.9 Å². The fraction of sp³-hybridized carbons (Fsp3) is 0.433. The van der Waals surface area contributed by atoms with E-state index in [0.29, 0.717) is 6.04 Å². The molecule has 2 aliphatic rings. The molecule has 1 aromatic heterocycles. The van der Waals surface area contributed by atoms with Gasteiger partial charge in [-0.25, -0.2) is 0 Å². The molecule has 0 spiro atoms. The summed E-state index contributed by atoms with van der Waals surface area (Å²) in [6.45, 7) is 9.93. The predicted molar refractivity (Wildman–Crippen MR) is 140 cm³/mol. The van der Waals surface area contributed by atoms with Crippen molar-refractivity contribution < 1.29 is 14.3 Å². The van der Waals surface area contributed by atoms with E-state index in [4.69, 9.17) is 9.47 Å². The van der Waals surface area contributed by atoms with Crippen molar-refractivity contribution in [2.24, 2.45) is 10.8 Å². The van der Waals surface area contributed by atoms with Crippen LogP contribution < -0.4 is 9.47 Å². The monoisotopic (exact) mass is 472 g/mol. The largest absolute Gasteiger partial charge is 0.497 e. The van der Waals surface area contributed by atoms with Crippen molar-refractivity contribution in [1.82, 2.24) is 9.47 Å². The molecule has 2 bridgehead atoms. The number of benzene rings is 2. The fourth-order valence-corrected chi connectivity index (χ4v) is 6.73. The first-order valence-electron chi connectivity index (χ1n) is 12.5. The van der Waals surface area contributed by atoms with E-state index >= 15 is 0 Å². The highest BCUT2D eigenvalue weighted by atomic mass is 16.5. The van der Waals surface area contributed by atoms with Gasteiger partial charge >= 0.3 is 0 Å². The highest BCUT2D eigenvalue weighted by Gasteiger charge is 2.51. The average Bonchev–Trinajstić information content (AvgIpc) is 3.30. The highest BCUT2D eigenvalue weighted by Crippen LogP contribution is 2.53. The fourth-order valence-electron chi connectivity index (χ4n) is 6.73. The van der Waals surface area contributed by atoms with Crippen LogP contribution in [0.5, 0.6) is 11.5 Å². The molecule has 2 atom stereocenters. The van der Waals surface area contributed by atoms with Gasteiger partial charge in [0.15, 0.2) is 0 Å². The Balaban J connectivity index is 1.61. The molecule has 5 rings (SSSR count). The van der Waals surface area contributed by atoms with Crippen LogP contribution in [0.15, 0.2) is 54.6 Å². The minimum atomic E-state index is 0.144. The summed E-state index contributed by atoms with van der Waals surface area (Å²) in [7, 11) is 3.34. The molecule has 2 aromatic carbocycles. The third-order valence-corrected chi connectivity index (χ3v) is 7.85. The molecule has 0 radical (unpaired) electrons. The van der Waals surface area contributed by atoms with Crippen molar-refractivity contribution in [1.29, 1.82) is 0 Å². The van der Waals surface area contributed by atoms with Gasteiger partial charge in [0.2, 0.25) is 0 Å². The van der Waals surface area contributed by atoms with Gasteiger partial charge in [0.05, 0.1) is 25.5 Å². The van der Waals surface area contributed by atoms with Crippen molar-refractivity contribution in [3.05, 3.63) is 65.9 Å². The molecule has 35 heavy (non-hydrogen) atoms. The first-order chi connectivity index (χ1) is 16.6. The summed E-state index contributed by atoms with van der Waals surface area (Å²) in [6, 6.07) is 18.4. The maximum atomic E-state index is 14.1. The Hall–Kier alpha value is -3.21. The second-order valence-corrected chi connectivity index (χ2v) is 11.4. The third-order valence-electron chi connectivity index (χ3n) is 7.85. The van der Waals surface area contributed by atoms with Crippen molar-refractivity contribution >= 4 is 5.91 Å². The lowest BCUT2D eigenvalue weighted by atomic mass is 9.65. The van der Waals surface area contributed by atoms with E-state index < -0.39 is 0 Å². The van der Waals surface area contributed by atoms with Crippen LogP contribution in [-0.2, 0) is 0 Å². The molecule has 2 fully saturated rings. The van der Waals surface area contributed by atoms with E-state index in [2.05, 4.69) is 42.4 Å². The first-order valence-corrected chi connectivity index (χ1v) is 12.5. The predicted octanol–water partition coefficient (Wildman–Crippen LogP) is 6.51. The zero-order valence-corrected chi connectivity index (χ0v) is 21.7. The Kier molecular flexibility index (Phi) is 5.70. The Labute approximate surface area is 208 Å². The SMILES string of the molecule is COc1ccc(-c2cc(C(=O)N3CC4(C)CC3CC(C)(C)C4)c(C)n2-c2cccc(OC)c2)cc1. The molecule has 2 heterocycles. The van der Waals surface area contributed by atoms with Gasteiger partial charge in [-0.1, -0.05) is 26.8 Å². The summed E-state index contributed by atoms with van der Waals surface area (Å²) < 4.78 is 13.0. The van der Waals surface area contributed by atoms with Crippen molar-refractivity contribution in [2.75, 3.05) is 20.8 Å². The molecule has 3 aromatic rings. The number of aromatic nitrogens is 1. The number of methoxy groups -OCH3 is 2. The van der Waals surface area contributed by atoms with E-state index in [1.54, 1.807) is 14.2 Å². The summed E-state index contributed by atoms with van der Waals surface area (Å²) in [6.07, 6.45) is 3.33. The molecule has 0 N–H and O–H groups in total. The second kappa shape index (κ2) is 8.47. The van der Waals surface area contributed by atoms with Crippen LogP contribution in [0.2, 0.25) is 0 Å². The van der Waals surface area contributed by atoms with Gasteiger partial charge in [0, 0.05) is 30.0 Å². The zero-order chi connectivity index (χ0) is 25.0. The summed E-state index contributed by atoms with van der Waals surface area (Å²) in [5.74, 6) is 1.74. The van der Waals surface area contributed by atoms with Crippen molar-refractivity contribution in [2.45, 2.75) is 53.0 Å². The quantitative estimate of drug-likeness (QED) is 0.425. The standard InChI is InChI=1S/C30H36N2O3/c1-20-26(28(33)31-19-30(4)17-23(31)16-29(2,3)18-30)15-27(21-10-12-24(34-5)13-11-21)32(20)22-8-7-9-25(14-22)35-6/h7-15,23H,16-19H2,1-6H3. The molecule has 1 aliphatic heterocycles. The summed E-state index contributed by atoms with van der Waals surface area (Å²) in [5, 5.41) is 0. The van der Waals surface area contributed by atoms with Crippen LogP contribution in [0, 0.1) is 17.8 Å².